The fourth-order valence-electron chi connectivity index (χ4n) is 7.34. The fraction of sp³-hybridized carbons (Fsp3) is 0.0652. The predicted octanol–water partition coefficient (Wildman–Crippen LogP) is 12.6. The van der Waals surface area contributed by atoms with E-state index in [2.05, 4.69) is 211 Å². The number of imidazole rings is 1. The van der Waals surface area contributed by atoms with Crippen LogP contribution in [0.4, 0.5) is 34.1 Å². The van der Waals surface area contributed by atoms with Gasteiger partial charge in [0.2, 0.25) is 0 Å². The van der Waals surface area contributed by atoms with Gasteiger partial charge in [0.15, 0.2) is 0 Å². The normalized spacial score (nSPS) is 11.1. The Morgan fingerprint density at radius 2 is 0.760 bits per heavy atom. The maximum atomic E-state index is 5.28. The third-order valence-electron chi connectivity index (χ3n) is 9.45. The van der Waals surface area contributed by atoms with Crippen LogP contribution in [0.25, 0.3) is 28.1 Å². The molecule has 0 N–H and O–H groups in total. The van der Waals surface area contributed by atoms with E-state index in [-0.39, 0.29) is 0 Å². The van der Waals surface area contributed by atoms with E-state index in [1.165, 1.54) is 5.56 Å². The summed E-state index contributed by atoms with van der Waals surface area (Å²) in [6, 6.07) is 61.8. The van der Waals surface area contributed by atoms with Gasteiger partial charge in [-0.2, -0.15) is 0 Å². The summed E-state index contributed by atoms with van der Waals surface area (Å²) in [7, 11) is 0. The lowest BCUT2D eigenvalue weighted by atomic mass is 9.94. The molecule has 0 aliphatic heterocycles. The minimum atomic E-state index is 0.913. The number of hydrogen-bond acceptors (Lipinski definition) is 3. The molecule has 1 heterocycles. The number of hydrogen-bond donors (Lipinski definition) is 0. The van der Waals surface area contributed by atoms with Crippen molar-refractivity contribution in [3.63, 3.8) is 0 Å². The monoisotopic (exact) mass is 646 g/mol. The minimum absolute atomic E-state index is 0.913. The molecule has 0 aliphatic rings. The lowest BCUT2D eigenvalue weighted by Crippen LogP contribution is -2.20. The van der Waals surface area contributed by atoms with Crippen LogP contribution < -0.4 is 9.80 Å². The van der Waals surface area contributed by atoms with Gasteiger partial charge in [-0.15, -0.1) is 0 Å². The maximum Gasteiger partial charge on any atom is 0.145 e. The van der Waals surface area contributed by atoms with Crippen molar-refractivity contribution >= 4 is 45.2 Å². The van der Waals surface area contributed by atoms with Crippen molar-refractivity contribution in [3.8, 4) is 17.1 Å². The zero-order chi connectivity index (χ0) is 34.0. The Bertz CT molecular complexity index is 2200. The number of rotatable bonds is 8. The van der Waals surface area contributed by atoms with Crippen LogP contribution in [0.1, 0.15) is 16.7 Å². The Kier molecular flexibility index (Phi) is 8.19. The molecule has 242 valence electrons. The van der Waals surface area contributed by atoms with Crippen molar-refractivity contribution in [2.24, 2.45) is 0 Å². The first kappa shape index (κ1) is 30.9. The van der Waals surface area contributed by atoms with Crippen LogP contribution in [-0.4, -0.2) is 9.55 Å². The van der Waals surface area contributed by atoms with Crippen LogP contribution in [0.3, 0.4) is 0 Å². The van der Waals surface area contributed by atoms with Crippen molar-refractivity contribution in [2.45, 2.75) is 20.8 Å². The third-order valence-corrected chi connectivity index (χ3v) is 9.45. The summed E-state index contributed by atoms with van der Waals surface area (Å²) in [5.41, 5.74) is 14.3. The first-order valence-electron chi connectivity index (χ1n) is 17.1. The molecule has 0 spiro atoms. The van der Waals surface area contributed by atoms with Gasteiger partial charge in [0.1, 0.15) is 5.82 Å². The molecule has 8 rings (SSSR count). The van der Waals surface area contributed by atoms with Gasteiger partial charge in [-0.05, 0) is 98.1 Å². The average molecular weight is 647 g/mol. The van der Waals surface area contributed by atoms with Gasteiger partial charge in [-0.3, -0.25) is 4.57 Å². The highest BCUT2D eigenvalue weighted by Crippen LogP contribution is 2.50. The lowest BCUT2D eigenvalue weighted by Gasteiger charge is -2.36. The van der Waals surface area contributed by atoms with Crippen LogP contribution in [0.5, 0.6) is 0 Å². The molecule has 0 saturated carbocycles. The zero-order valence-electron chi connectivity index (χ0n) is 28.5. The van der Waals surface area contributed by atoms with Gasteiger partial charge in [0, 0.05) is 28.3 Å². The molecule has 7 aromatic carbocycles. The van der Waals surface area contributed by atoms with Crippen molar-refractivity contribution in [2.75, 3.05) is 9.80 Å². The molecular formula is C46H38N4. The van der Waals surface area contributed by atoms with E-state index in [1.807, 2.05) is 0 Å². The molecule has 0 unspecified atom stereocenters. The van der Waals surface area contributed by atoms with E-state index in [4.69, 9.17) is 4.98 Å². The first-order chi connectivity index (χ1) is 24.6. The highest BCUT2D eigenvalue weighted by molar-refractivity contribution is 5.94. The molecule has 4 nitrogen and oxygen atoms in total. The Morgan fingerprint density at radius 1 is 0.400 bits per heavy atom. The van der Waals surface area contributed by atoms with Crippen LogP contribution in [0.2, 0.25) is 0 Å². The molecule has 0 atom stereocenters. The van der Waals surface area contributed by atoms with Crippen molar-refractivity contribution in [3.05, 3.63) is 193 Å². The predicted molar refractivity (Wildman–Crippen MR) is 210 cm³/mol. The Morgan fingerprint density at radius 3 is 1.18 bits per heavy atom. The summed E-state index contributed by atoms with van der Waals surface area (Å²) in [6.45, 7) is 6.81. The average Bonchev–Trinajstić information content (AvgIpc) is 3.56. The molecular weight excluding hydrogens is 609 g/mol. The highest BCUT2D eigenvalue weighted by atomic mass is 15.2. The van der Waals surface area contributed by atoms with Gasteiger partial charge in [-0.25, -0.2) is 4.98 Å². The molecule has 0 radical (unpaired) electrons. The molecule has 4 heteroatoms. The summed E-state index contributed by atoms with van der Waals surface area (Å²) in [6.07, 6.45) is 0. The van der Waals surface area contributed by atoms with E-state index in [1.54, 1.807) is 0 Å². The van der Waals surface area contributed by atoms with Crippen LogP contribution in [0.15, 0.2) is 176 Å². The zero-order valence-corrected chi connectivity index (χ0v) is 28.5. The smallest absolute Gasteiger partial charge is 0.145 e. The lowest BCUT2D eigenvalue weighted by molar-refractivity contribution is 1.04. The van der Waals surface area contributed by atoms with Crippen LogP contribution in [0, 0.1) is 20.8 Å². The van der Waals surface area contributed by atoms with E-state index in [0.717, 1.165) is 73.4 Å². The molecule has 1 aromatic heterocycles. The Hall–Kier alpha value is -6.39. The van der Waals surface area contributed by atoms with Crippen molar-refractivity contribution in [1.82, 2.24) is 9.55 Å². The SMILES string of the molecule is Cc1c(N(c2ccccc2)c2ccccc2)c(C)c(-n2c(-c3ccccc3)nc3ccccc32)c(C)c1N(c1ccccc1)c1ccccc1. The summed E-state index contributed by atoms with van der Waals surface area (Å²) in [4.78, 5) is 10.1. The molecule has 0 amide bonds. The van der Waals surface area contributed by atoms with Gasteiger partial charge in [-0.1, -0.05) is 115 Å². The van der Waals surface area contributed by atoms with E-state index in [0.29, 0.717) is 0 Å². The number of benzene rings is 7. The third kappa shape index (κ3) is 5.41. The van der Waals surface area contributed by atoms with E-state index < -0.39 is 0 Å². The maximum absolute atomic E-state index is 5.28. The van der Waals surface area contributed by atoms with Gasteiger partial charge in [0.25, 0.3) is 0 Å². The molecule has 8 aromatic rings. The standard InChI is InChI=1S/C46H38N4/c1-33-43(48(37-23-11-5-12-24-37)38-25-13-6-14-26-38)34(2)45(50-42-32-20-19-31-41(42)47-46(50)36-21-9-4-10-22-36)35(3)44(33)49(39-27-15-7-16-28-39)40-29-17-8-18-30-40/h4-32H,1-3H3. The Balaban J connectivity index is 1.55. The largest absolute Gasteiger partial charge is 0.310 e. The Labute approximate surface area is 294 Å². The summed E-state index contributed by atoms with van der Waals surface area (Å²) >= 11 is 0. The van der Waals surface area contributed by atoms with Crippen LogP contribution in [-0.2, 0) is 0 Å². The second kappa shape index (κ2) is 13.3. The van der Waals surface area contributed by atoms with Gasteiger partial charge < -0.3 is 9.80 Å². The second-order valence-corrected chi connectivity index (χ2v) is 12.6. The molecule has 50 heavy (non-hydrogen) atoms. The molecule has 0 fully saturated rings. The summed E-state index contributed by atoms with van der Waals surface area (Å²) in [5, 5.41) is 0. The number of nitrogens with zero attached hydrogens (tertiary/aromatic N) is 4. The number of aromatic nitrogens is 2. The van der Waals surface area contributed by atoms with Gasteiger partial charge in [0.05, 0.1) is 28.1 Å². The summed E-state index contributed by atoms with van der Waals surface area (Å²) in [5.74, 6) is 0.913. The van der Waals surface area contributed by atoms with Crippen LogP contribution >= 0.6 is 0 Å². The number of anilines is 6. The fourth-order valence-corrected chi connectivity index (χ4v) is 7.34. The highest BCUT2D eigenvalue weighted by Gasteiger charge is 2.30. The molecule has 0 aliphatic carbocycles. The van der Waals surface area contributed by atoms with E-state index in [9.17, 15) is 0 Å². The minimum Gasteiger partial charge on any atom is -0.310 e. The quantitative estimate of drug-likeness (QED) is 0.164. The topological polar surface area (TPSA) is 24.3 Å². The van der Waals surface area contributed by atoms with Gasteiger partial charge >= 0.3 is 0 Å². The number of fused-ring (bicyclic) bond motifs is 1. The van der Waals surface area contributed by atoms with Crippen molar-refractivity contribution in [1.29, 1.82) is 0 Å². The van der Waals surface area contributed by atoms with E-state index >= 15 is 0 Å². The number of para-hydroxylation sites is 6. The summed E-state index contributed by atoms with van der Waals surface area (Å²) < 4.78 is 2.38. The molecule has 0 saturated heterocycles. The second-order valence-electron chi connectivity index (χ2n) is 12.6. The molecule has 0 bridgehead atoms. The first-order valence-corrected chi connectivity index (χ1v) is 17.1. The van der Waals surface area contributed by atoms with Crippen molar-refractivity contribution < 1.29 is 0 Å².